The van der Waals surface area contributed by atoms with Crippen LogP contribution in [-0.4, -0.2) is 72.3 Å². The monoisotopic (exact) mass is 431 g/mol. The number of esters is 5. The van der Waals surface area contributed by atoms with E-state index in [4.69, 9.17) is 23.7 Å². The van der Waals surface area contributed by atoms with Crippen molar-refractivity contribution in [2.45, 2.75) is 71.5 Å². The van der Waals surface area contributed by atoms with Gasteiger partial charge in [-0.3, -0.25) is 28.8 Å². The van der Waals surface area contributed by atoms with E-state index in [1.54, 1.807) is 0 Å². The second kappa shape index (κ2) is 10.0. The van der Waals surface area contributed by atoms with Gasteiger partial charge >= 0.3 is 29.8 Å². The molecule has 0 aromatic rings. The summed E-state index contributed by atoms with van der Waals surface area (Å²) >= 11 is 0. The van der Waals surface area contributed by atoms with Crippen LogP contribution in [0.15, 0.2) is 0 Å². The highest BCUT2D eigenvalue weighted by Gasteiger charge is 2.69. The van der Waals surface area contributed by atoms with Crippen LogP contribution >= 0.6 is 0 Å². The minimum absolute atomic E-state index is 0.637. The largest absolute Gasteiger partial charge is 0.461 e. The molecule has 0 unspecified atom stereocenters. The Morgan fingerprint density at radius 3 is 1.60 bits per heavy atom. The smallest absolute Gasteiger partial charge is 0.303 e. The predicted octanol–water partition coefficient (Wildman–Crippen LogP) is -0.835. The van der Waals surface area contributed by atoms with E-state index in [-0.39, 0.29) is 0 Å². The molecule has 1 fully saturated rings. The average molecular weight is 431 g/mol. The van der Waals surface area contributed by atoms with E-state index in [0.717, 1.165) is 41.5 Å². The first-order chi connectivity index (χ1) is 13.8. The molecule has 168 valence electrons. The summed E-state index contributed by atoms with van der Waals surface area (Å²) in [5, 5.41) is 2.46. The Bertz CT molecular complexity index is 690. The van der Waals surface area contributed by atoms with Crippen LogP contribution < -0.4 is 5.32 Å². The normalized spacial score (nSPS) is 27.4. The highest BCUT2D eigenvalue weighted by molar-refractivity contribution is 5.75. The first-order valence-corrected chi connectivity index (χ1v) is 8.91. The fourth-order valence-corrected chi connectivity index (χ4v) is 3.32. The number of carbonyl (C=O) groups is 6. The molecule has 0 radical (unpaired) electrons. The van der Waals surface area contributed by atoms with Crippen molar-refractivity contribution >= 4 is 35.8 Å². The van der Waals surface area contributed by atoms with Gasteiger partial charge in [-0.1, -0.05) is 0 Å². The molecule has 1 aliphatic rings. The first-order valence-electron chi connectivity index (χ1n) is 8.91. The highest BCUT2D eigenvalue weighted by atomic mass is 16.7. The van der Waals surface area contributed by atoms with Gasteiger partial charge in [-0.05, 0) is 0 Å². The molecule has 12 heteroatoms. The summed E-state index contributed by atoms with van der Waals surface area (Å²) in [5.41, 5.74) is -2.06. The van der Waals surface area contributed by atoms with Gasteiger partial charge in [-0.25, -0.2) is 0 Å². The lowest BCUT2D eigenvalue weighted by Gasteiger charge is -2.37. The summed E-state index contributed by atoms with van der Waals surface area (Å²) in [4.78, 5) is 70.5. The van der Waals surface area contributed by atoms with Gasteiger partial charge < -0.3 is 29.0 Å². The zero-order valence-corrected chi connectivity index (χ0v) is 17.5. The van der Waals surface area contributed by atoms with Crippen molar-refractivity contribution in [1.29, 1.82) is 0 Å². The molecule has 1 N–H and O–H groups in total. The summed E-state index contributed by atoms with van der Waals surface area (Å²) in [6.07, 6.45) is -4.50. The summed E-state index contributed by atoms with van der Waals surface area (Å²) in [5.74, 6) is -4.81. The summed E-state index contributed by atoms with van der Waals surface area (Å²) in [7, 11) is 0. The topological polar surface area (TPSA) is 161 Å². The van der Waals surface area contributed by atoms with Crippen molar-refractivity contribution in [2.24, 2.45) is 0 Å². The number of ether oxygens (including phenoxy) is 5. The molecule has 1 aliphatic carbocycles. The SMILES string of the molecule is CC(=O)N[C@@H]1[C@H](OC(C)=O)[C@@H](OC(C)=O)[C@@H](OC(C)=O)[C@@]1(COC(C)=O)OC(C)=O. The second-order valence-corrected chi connectivity index (χ2v) is 6.69. The van der Waals surface area contributed by atoms with Crippen LogP contribution in [0.25, 0.3) is 0 Å². The van der Waals surface area contributed by atoms with Crippen molar-refractivity contribution in [3.8, 4) is 0 Å². The molecule has 5 atom stereocenters. The van der Waals surface area contributed by atoms with Crippen LogP contribution in [-0.2, 0) is 52.5 Å². The molecule has 0 aromatic heterocycles. The third-order valence-corrected chi connectivity index (χ3v) is 4.05. The van der Waals surface area contributed by atoms with Crippen LogP contribution in [0.4, 0.5) is 0 Å². The molecule has 1 amide bonds. The lowest BCUT2D eigenvalue weighted by molar-refractivity contribution is -0.203. The van der Waals surface area contributed by atoms with Gasteiger partial charge in [0.1, 0.15) is 12.6 Å². The molecule has 0 saturated heterocycles. The lowest BCUT2D eigenvalue weighted by atomic mass is 9.94. The molecular formula is C18H25NO11. The van der Waals surface area contributed by atoms with E-state index >= 15 is 0 Å². The first kappa shape index (κ1) is 24.9. The number of rotatable bonds is 7. The number of hydrogen-bond acceptors (Lipinski definition) is 11. The number of nitrogens with one attached hydrogen (secondary N) is 1. The van der Waals surface area contributed by atoms with Crippen molar-refractivity contribution < 1.29 is 52.5 Å². The highest BCUT2D eigenvalue weighted by Crippen LogP contribution is 2.41. The minimum Gasteiger partial charge on any atom is -0.461 e. The summed E-state index contributed by atoms with van der Waals surface area (Å²) in [6, 6.07) is -1.39. The Morgan fingerprint density at radius 1 is 0.700 bits per heavy atom. The van der Waals surface area contributed by atoms with Crippen molar-refractivity contribution in [3.05, 3.63) is 0 Å². The molecule has 0 heterocycles. The quantitative estimate of drug-likeness (QED) is 0.395. The number of hydrogen-bond donors (Lipinski definition) is 1. The van der Waals surface area contributed by atoms with Gasteiger partial charge in [0.2, 0.25) is 11.5 Å². The van der Waals surface area contributed by atoms with Crippen LogP contribution in [0.3, 0.4) is 0 Å². The van der Waals surface area contributed by atoms with Crippen molar-refractivity contribution in [2.75, 3.05) is 6.61 Å². The molecule has 0 bridgehead atoms. The number of amides is 1. The van der Waals surface area contributed by atoms with E-state index in [1.807, 2.05) is 0 Å². The van der Waals surface area contributed by atoms with Gasteiger partial charge in [0.15, 0.2) is 18.3 Å². The standard InChI is InChI=1S/C18H25NO11/c1-8(20)19-16-14(27-10(3)22)15(28-11(4)23)17(29-12(5)24)18(16,30-13(6)25)7-26-9(2)21/h14-17H,7H2,1-6H3,(H,19,20)/t14-,15-,16-,17-,18+/m1/s1. The Kier molecular flexibility index (Phi) is 8.31. The van der Waals surface area contributed by atoms with Crippen LogP contribution in [0, 0.1) is 0 Å². The summed E-state index contributed by atoms with van der Waals surface area (Å²) < 4.78 is 26.2. The van der Waals surface area contributed by atoms with Gasteiger partial charge in [0, 0.05) is 41.5 Å². The third-order valence-electron chi connectivity index (χ3n) is 4.05. The number of carbonyl (C=O) groups excluding carboxylic acids is 6. The molecule has 30 heavy (non-hydrogen) atoms. The molecule has 0 spiro atoms. The Labute approximate surface area is 172 Å². The average Bonchev–Trinajstić information content (AvgIpc) is 2.75. The maximum absolute atomic E-state index is 11.9. The van der Waals surface area contributed by atoms with E-state index in [0.29, 0.717) is 0 Å². The van der Waals surface area contributed by atoms with Crippen LogP contribution in [0.2, 0.25) is 0 Å². The Morgan fingerprint density at radius 2 is 1.20 bits per heavy atom. The molecule has 0 aromatic carbocycles. The molecular weight excluding hydrogens is 406 g/mol. The minimum atomic E-state index is -2.06. The van der Waals surface area contributed by atoms with E-state index in [1.165, 1.54) is 0 Å². The van der Waals surface area contributed by atoms with Crippen molar-refractivity contribution in [3.63, 3.8) is 0 Å². The zero-order valence-electron chi connectivity index (χ0n) is 17.5. The molecule has 1 rings (SSSR count). The molecule has 12 nitrogen and oxygen atoms in total. The van der Waals surface area contributed by atoms with Gasteiger partial charge in [-0.15, -0.1) is 0 Å². The molecule has 1 saturated carbocycles. The maximum atomic E-state index is 11.9. The van der Waals surface area contributed by atoms with E-state index in [9.17, 15) is 28.8 Å². The zero-order chi connectivity index (χ0) is 23.2. The Balaban J connectivity index is 3.74. The molecule has 0 aliphatic heterocycles. The van der Waals surface area contributed by atoms with Gasteiger partial charge in [0.25, 0.3) is 0 Å². The maximum Gasteiger partial charge on any atom is 0.303 e. The van der Waals surface area contributed by atoms with Gasteiger partial charge in [0.05, 0.1) is 0 Å². The lowest BCUT2D eigenvalue weighted by Crippen LogP contribution is -2.62. The predicted molar refractivity (Wildman–Crippen MR) is 95.4 cm³/mol. The van der Waals surface area contributed by atoms with E-state index < -0.39 is 72.3 Å². The third kappa shape index (κ3) is 6.16. The van der Waals surface area contributed by atoms with Crippen LogP contribution in [0.5, 0.6) is 0 Å². The fraction of sp³-hybridized carbons (Fsp3) is 0.667. The fourth-order valence-electron chi connectivity index (χ4n) is 3.32. The summed E-state index contributed by atoms with van der Waals surface area (Å²) in [6.45, 7) is 5.72. The second-order valence-electron chi connectivity index (χ2n) is 6.69. The van der Waals surface area contributed by atoms with Crippen molar-refractivity contribution in [1.82, 2.24) is 5.32 Å². The van der Waals surface area contributed by atoms with E-state index in [2.05, 4.69) is 5.32 Å². The van der Waals surface area contributed by atoms with Crippen LogP contribution in [0.1, 0.15) is 41.5 Å². The Hall–Kier alpha value is -3.18. The van der Waals surface area contributed by atoms with Gasteiger partial charge in [-0.2, -0.15) is 0 Å².